The van der Waals surface area contributed by atoms with Gasteiger partial charge in [0.05, 0.1) is 10.7 Å². The highest BCUT2D eigenvalue weighted by Crippen LogP contribution is 2.42. The van der Waals surface area contributed by atoms with Crippen molar-refractivity contribution in [3.05, 3.63) is 46.6 Å². The molecule has 0 radical (unpaired) electrons. The molecule has 1 N–H and O–H groups in total. The molecule has 4 nitrogen and oxygen atoms in total. The SMILES string of the molecule is CCC(C)Nc1c(-c2c(F)cccc2Cl)c(Cl)nc2nccnc12. The summed E-state index contributed by atoms with van der Waals surface area (Å²) in [5.41, 5.74) is 2.10. The highest BCUT2D eigenvalue weighted by atomic mass is 35.5. The Morgan fingerprint density at radius 1 is 1.17 bits per heavy atom. The van der Waals surface area contributed by atoms with Crippen molar-refractivity contribution < 1.29 is 4.39 Å². The second-order valence-electron chi connectivity index (χ2n) is 5.43. The molecule has 2 aromatic heterocycles. The number of rotatable bonds is 4. The lowest BCUT2D eigenvalue weighted by atomic mass is 10.0. The van der Waals surface area contributed by atoms with E-state index >= 15 is 0 Å². The largest absolute Gasteiger partial charge is 0.380 e. The number of hydrogen-bond donors (Lipinski definition) is 1. The second kappa shape index (κ2) is 6.87. The van der Waals surface area contributed by atoms with E-state index in [1.165, 1.54) is 12.3 Å². The Labute approximate surface area is 149 Å². The number of hydrogen-bond acceptors (Lipinski definition) is 4. The first kappa shape index (κ1) is 16.9. The molecule has 3 aromatic rings. The first-order valence-electron chi connectivity index (χ1n) is 7.54. The summed E-state index contributed by atoms with van der Waals surface area (Å²) in [6, 6.07) is 4.62. The van der Waals surface area contributed by atoms with Crippen LogP contribution in [0.1, 0.15) is 20.3 Å². The Morgan fingerprint density at radius 3 is 2.62 bits per heavy atom. The predicted molar refractivity (Wildman–Crippen MR) is 96.1 cm³/mol. The molecule has 1 unspecified atom stereocenters. The summed E-state index contributed by atoms with van der Waals surface area (Å²) in [7, 11) is 0. The summed E-state index contributed by atoms with van der Waals surface area (Å²) in [5, 5.41) is 3.73. The summed E-state index contributed by atoms with van der Waals surface area (Å²) in [6.45, 7) is 4.06. The van der Waals surface area contributed by atoms with Crippen molar-refractivity contribution in [3.63, 3.8) is 0 Å². The molecule has 0 aliphatic carbocycles. The number of nitrogens with one attached hydrogen (secondary N) is 1. The Hall–Kier alpha value is -1.98. The Balaban J connectivity index is 2.38. The molecule has 0 saturated carbocycles. The zero-order valence-corrected chi connectivity index (χ0v) is 14.7. The van der Waals surface area contributed by atoms with Crippen molar-refractivity contribution >= 4 is 40.1 Å². The third-order valence-electron chi connectivity index (χ3n) is 3.79. The van der Waals surface area contributed by atoms with Crippen LogP contribution >= 0.6 is 23.2 Å². The van der Waals surface area contributed by atoms with Gasteiger partial charge in [-0.15, -0.1) is 0 Å². The van der Waals surface area contributed by atoms with Crippen LogP contribution < -0.4 is 5.32 Å². The fourth-order valence-electron chi connectivity index (χ4n) is 2.41. The van der Waals surface area contributed by atoms with Crippen LogP contribution in [0.15, 0.2) is 30.6 Å². The van der Waals surface area contributed by atoms with Gasteiger partial charge in [0.25, 0.3) is 0 Å². The van der Waals surface area contributed by atoms with Crippen LogP contribution in [-0.4, -0.2) is 21.0 Å². The summed E-state index contributed by atoms with van der Waals surface area (Å²) < 4.78 is 14.5. The monoisotopic (exact) mass is 364 g/mol. The zero-order chi connectivity index (χ0) is 17.3. The lowest BCUT2D eigenvalue weighted by Crippen LogP contribution is -2.15. The topological polar surface area (TPSA) is 50.7 Å². The van der Waals surface area contributed by atoms with Crippen molar-refractivity contribution in [1.82, 2.24) is 15.0 Å². The summed E-state index contributed by atoms with van der Waals surface area (Å²) in [5.74, 6) is -0.471. The smallest absolute Gasteiger partial charge is 0.181 e. The summed E-state index contributed by atoms with van der Waals surface area (Å²) in [6.07, 6.45) is 3.97. The van der Waals surface area contributed by atoms with Crippen LogP contribution in [-0.2, 0) is 0 Å². The third-order valence-corrected chi connectivity index (χ3v) is 4.38. The van der Waals surface area contributed by atoms with Gasteiger partial charge in [0.15, 0.2) is 5.65 Å². The van der Waals surface area contributed by atoms with Crippen molar-refractivity contribution in [2.24, 2.45) is 0 Å². The molecule has 3 rings (SSSR count). The molecule has 124 valence electrons. The molecule has 7 heteroatoms. The van der Waals surface area contributed by atoms with Gasteiger partial charge in [0.2, 0.25) is 0 Å². The fourth-order valence-corrected chi connectivity index (χ4v) is 2.94. The highest BCUT2D eigenvalue weighted by Gasteiger charge is 2.22. The molecular formula is C17H15Cl2FN4. The molecule has 1 aromatic carbocycles. The van der Waals surface area contributed by atoms with Crippen LogP contribution in [0.4, 0.5) is 10.1 Å². The minimum atomic E-state index is -0.471. The maximum atomic E-state index is 14.5. The lowest BCUT2D eigenvalue weighted by molar-refractivity contribution is 0.631. The number of halogens is 3. The summed E-state index contributed by atoms with van der Waals surface area (Å²) in [4.78, 5) is 12.8. The Bertz CT molecular complexity index is 881. The molecule has 0 bridgehead atoms. The normalized spacial score (nSPS) is 12.4. The average Bonchev–Trinajstić information content (AvgIpc) is 2.56. The first-order valence-corrected chi connectivity index (χ1v) is 8.29. The molecule has 0 saturated heterocycles. The second-order valence-corrected chi connectivity index (χ2v) is 6.20. The van der Waals surface area contributed by atoms with E-state index in [0.29, 0.717) is 22.4 Å². The lowest BCUT2D eigenvalue weighted by Gasteiger charge is -2.20. The fraction of sp³-hybridized carbons (Fsp3) is 0.235. The molecule has 0 spiro atoms. The Morgan fingerprint density at radius 2 is 1.92 bits per heavy atom. The van der Waals surface area contributed by atoms with E-state index in [1.807, 2.05) is 13.8 Å². The number of fused-ring (bicyclic) bond motifs is 1. The third kappa shape index (κ3) is 3.01. The van der Waals surface area contributed by atoms with Gasteiger partial charge in [-0.1, -0.05) is 36.2 Å². The number of nitrogens with zero attached hydrogens (tertiary/aromatic N) is 3. The van der Waals surface area contributed by atoms with Gasteiger partial charge in [-0.2, -0.15) is 0 Å². The average molecular weight is 365 g/mol. The van der Waals surface area contributed by atoms with Crippen LogP contribution in [0.2, 0.25) is 10.2 Å². The molecule has 0 aliphatic rings. The number of anilines is 1. The van der Waals surface area contributed by atoms with Gasteiger partial charge in [0.1, 0.15) is 16.5 Å². The quantitative estimate of drug-likeness (QED) is 0.634. The van der Waals surface area contributed by atoms with E-state index in [2.05, 4.69) is 20.3 Å². The molecule has 2 heterocycles. The van der Waals surface area contributed by atoms with E-state index in [-0.39, 0.29) is 21.8 Å². The molecule has 24 heavy (non-hydrogen) atoms. The molecule has 0 aliphatic heterocycles. The number of benzene rings is 1. The molecule has 0 fully saturated rings. The van der Waals surface area contributed by atoms with E-state index in [4.69, 9.17) is 23.2 Å². The van der Waals surface area contributed by atoms with Gasteiger partial charge in [0, 0.05) is 29.6 Å². The van der Waals surface area contributed by atoms with Gasteiger partial charge in [-0.05, 0) is 25.5 Å². The van der Waals surface area contributed by atoms with Gasteiger partial charge < -0.3 is 5.32 Å². The van der Waals surface area contributed by atoms with Crippen molar-refractivity contribution in [2.45, 2.75) is 26.3 Å². The van der Waals surface area contributed by atoms with Crippen molar-refractivity contribution in [2.75, 3.05) is 5.32 Å². The zero-order valence-electron chi connectivity index (χ0n) is 13.1. The molecular weight excluding hydrogens is 350 g/mol. The van der Waals surface area contributed by atoms with Crippen molar-refractivity contribution in [1.29, 1.82) is 0 Å². The van der Waals surface area contributed by atoms with Crippen molar-refractivity contribution in [3.8, 4) is 11.1 Å². The van der Waals surface area contributed by atoms with Crippen LogP contribution in [0, 0.1) is 5.82 Å². The maximum absolute atomic E-state index is 14.5. The molecule has 1 atom stereocenters. The van der Waals surface area contributed by atoms with E-state index in [9.17, 15) is 4.39 Å². The highest BCUT2D eigenvalue weighted by molar-refractivity contribution is 6.37. The first-order chi connectivity index (χ1) is 11.5. The minimum Gasteiger partial charge on any atom is -0.380 e. The van der Waals surface area contributed by atoms with Crippen LogP contribution in [0.25, 0.3) is 22.3 Å². The van der Waals surface area contributed by atoms with Crippen LogP contribution in [0.5, 0.6) is 0 Å². The number of pyridine rings is 1. The molecule has 0 amide bonds. The van der Waals surface area contributed by atoms with E-state index in [0.717, 1.165) is 6.42 Å². The number of aromatic nitrogens is 3. The minimum absolute atomic E-state index is 0.123. The van der Waals surface area contributed by atoms with E-state index < -0.39 is 5.82 Å². The standard InChI is InChI=1S/C17H15Cl2FN4/c1-3-9(2)23-14-13(12-10(18)5-4-6-11(12)20)16(19)24-17-15(14)21-7-8-22-17/h4-9H,3H2,1-2H3,(H,22,23,24). The predicted octanol–water partition coefficient (Wildman–Crippen LogP) is 5.35. The van der Waals surface area contributed by atoms with Crippen LogP contribution in [0.3, 0.4) is 0 Å². The van der Waals surface area contributed by atoms with E-state index in [1.54, 1.807) is 18.3 Å². The maximum Gasteiger partial charge on any atom is 0.181 e. The Kier molecular flexibility index (Phi) is 4.83. The summed E-state index contributed by atoms with van der Waals surface area (Å²) >= 11 is 12.6. The van der Waals surface area contributed by atoms with Gasteiger partial charge in [-0.3, -0.25) is 0 Å². The van der Waals surface area contributed by atoms with Gasteiger partial charge in [-0.25, -0.2) is 19.3 Å². The van der Waals surface area contributed by atoms with Gasteiger partial charge >= 0.3 is 0 Å².